The number of halogens is 1. The lowest BCUT2D eigenvalue weighted by Crippen LogP contribution is -2.45. The topological polar surface area (TPSA) is 88.2 Å². The largest absolute Gasteiger partial charge is 0.391 e. The van der Waals surface area contributed by atoms with Gasteiger partial charge in [-0.2, -0.15) is 0 Å². The van der Waals surface area contributed by atoms with Gasteiger partial charge in [-0.3, -0.25) is 4.79 Å². The number of carbonyl (C=O) groups is 1. The van der Waals surface area contributed by atoms with Crippen LogP contribution >= 0.6 is 11.3 Å². The third-order valence-electron chi connectivity index (χ3n) is 4.97. The van der Waals surface area contributed by atoms with Gasteiger partial charge >= 0.3 is 0 Å². The van der Waals surface area contributed by atoms with Crippen LogP contribution in [0.5, 0.6) is 0 Å². The molecule has 0 aliphatic heterocycles. The zero-order valence-electron chi connectivity index (χ0n) is 14.6. The van der Waals surface area contributed by atoms with E-state index in [1.54, 1.807) is 18.2 Å². The van der Waals surface area contributed by atoms with E-state index >= 15 is 0 Å². The van der Waals surface area contributed by atoms with Crippen molar-refractivity contribution in [3.05, 3.63) is 47.8 Å². The summed E-state index contributed by atoms with van der Waals surface area (Å²) in [5.74, 6) is -0.665. The minimum atomic E-state index is -0.501. The van der Waals surface area contributed by atoms with Crippen LogP contribution in [0.4, 0.5) is 9.52 Å². The van der Waals surface area contributed by atoms with Gasteiger partial charge in [0.25, 0.3) is 5.91 Å². The summed E-state index contributed by atoms with van der Waals surface area (Å²) in [5, 5.41) is 13.3. The Balaban J connectivity index is 1.61. The van der Waals surface area contributed by atoms with Crippen molar-refractivity contribution < 1.29 is 14.3 Å². The summed E-state index contributed by atoms with van der Waals surface area (Å²) in [6.45, 7) is 0. The quantitative estimate of drug-likeness (QED) is 0.641. The molecule has 2 aromatic carbocycles. The van der Waals surface area contributed by atoms with E-state index in [0.29, 0.717) is 27.4 Å². The van der Waals surface area contributed by atoms with Gasteiger partial charge in [0.2, 0.25) is 0 Å². The molecule has 1 aliphatic rings. The van der Waals surface area contributed by atoms with E-state index < -0.39 is 11.9 Å². The molecule has 1 aromatic heterocycles. The van der Waals surface area contributed by atoms with Crippen LogP contribution in [0.2, 0.25) is 0 Å². The molecule has 5 nitrogen and oxygen atoms in total. The number of amides is 1. The lowest BCUT2D eigenvalue weighted by molar-refractivity contribution is 0.0717. The summed E-state index contributed by atoms with van der Waals surface area (Å²) in [5.41, 5.74) is 7.82. The zero-order valence-corrected chi connectivity index (χ0v) is 15.4. The maximum absolute atomic E-state index is 14.3. The van der Waals surface area contributed by atoms with Gasteiger partial charge in [0.15, 0.2) is 10.9 Å². The molecule has 0 spiro atoms. The van der Waals surface area contributed by atoms with E-state index in [0.717, 1.165) is 24.8 Å². The first-order valence-electron chi connectivity index (χ1n) is 8.96. The average Bonchev–Trinajstić information content (AvgIpc) is 3.04. The Morgan fingerprint density at radius 3 is 2.85 bits per heavy atom. The molecule has 1 amide bonds. The summed E-state index contributed by atoms with van der Waals surface area (Å²) < 4.78 is 15.0. The predicted molar refractivity (Wildman–Crippen MR) is 105 cm³/mol. The Kier molecular flexibility index (Phi) is 4.80. The van der Waals surface area contributed by atoms with Crippen LogP contribution in [0.15, 0.2) is 36.4 Å². The van der Waals surface area contributed by atoms with E-state index in [4.69, 9.17) is 5.73 Å². The third kappa shape index (κ3) is 3.65. The Morgan fingerprint density at radius 2 is 2.04 bits per heavy atom. The molecule has 3 aromatic rings. The van der Waals surface area contributed by atoms with Crippen molar-refractivity contribution in [2.45, 2.75) is 37.8 Å². The molecule has 0 unspecified atom stereocenters. The molecule has 1 heterocycles. The van der Waals surface area contributed by atoms with Crippen LogP contribution < -0.4 is 11.1 Å². The second-order valence-electron chi connectivity index (χ2n) is 6.87. The number of hydrogen-bond donors (Lipinski definition) is 3. The first-order chi connectivity index (χ1) is 13.0. The summed E-state index contributed by atoms with van der Waals surface area (Å²) >= 11 is 1.23. The maximum atomic E-state index is 14.3. The average molecular weight is 385 g/mol. The van der Waals surface area contributed by atoms with E-state index in [1.807, 2.05) is 12.1 Å². The zero-order chi connectivity index (χ0) is 19.0. The molecule has 1 aliphatic carbocycles. The number of aromatic nitrogens is 1. The second-order valence-corrected chi connectivity index (χ2v) is 7.93. The maximum Gasteiger partial charge on any atom is 0.251 e. The fraction of sp³-hybridized carbons (Fsp3) is 0.300. The number of rotatable bonds is 3. The van der Waals surface area contributed by atoms with E-state index in [2.05, 4.69) is 10.3 Å². The predicted octanol–water partition coefficient (Wildman–Crippen LogP) is 3.72. The van der Waals surface area contributed by atoms with Crippen molar-refractivity contribution in [2.75, 3.05) is 5.73 Å². The first kappa shape index (κ1) is 17.9. The van der Waals surface area contributed by atoms with Gasteiger partial charge in [-0.05, 0) is 48.2 Å². The summed E-state index contributed by atoms with van der Waals surface area (Å²) in [6.07, 6.45) is 2.97. The van der Waals surface area contributed by atoms with Crippen molar-refractivity contribution in [3.63, 3.8) is 0 Å². The van der Waals surface area contributed by atoms with Crippen molar-refractivity contribution in [1.29, 1.82) is 0 Å². The minimum absolute atomic E-state index is 0.219. The highest BCUT2D eigenvalue weighted by Crippen LogP contribution is 2.31. The smallest absolute Gasteiger partial charge is 0.251 e. The number of nitrogens with one attached hydrogen (secondary N) is 1. The molecule has 2 atom stereocenters. The highest BCUT2D eigenvalue weighted by atomic mass is 32.1. The SMILES string of the molecule is Nc1nc2c(F)cc(-c3cccc(C(=O)N[C@H]4CCCC[C@@H]4O)c3)cc2s1. The van der Waals surface area contributed by atoms with Crippen molar-refractivity contribution in [2.24, 2.45) is 0 Å². The van der Waals surface area contributed by atoms with Crippen molar-refractivity contribution >= 4 is 32.6 Å². The molecular formula is C20H20FN3O2S. The molecule has 27 heavy (non-hydrogen) atoms. The van der Waals surface area contributed by atoms with Gasteiger partial charge in [-0.25, -0.2) is 9.37 Å². The minimum Gasteiger partial charge on any atom is -0.391 e. The summed E-state index contributed by atoms with van der Waals surface area (Å²) in [4.78, 5) is 16.6. The lowest BCUT2D eigenvalue weighted by Gasteiger charge is -2.28. The molecule has 4 rings (SSSR count). The number of benzene rings is 2. The van der Waals surface area contributed by atoms with Gasteiger partial charge in [0.1, 0.15) is 5.52 Å². The van der Waals surface area contributed by atoms with Gasteiger partial charge < -0.3 is 16.2 Å². The molecule has 7 heteroatoms. The summed E-state index contributed by atoms with van der Waals surface area (Å²) in [7, 11) is 0. The highest BCUT2D eigenvalue weighted by molar-refractivity contribution is 7.22. The Labute approximate surface area is 160 Å². The van der Waals surface area contributed by atoms with Crippen LogP contribution in [-0.4, -0.2) is 28.1 Å². The van der Waals surface area contributed by atoms with E-state index in [9.17, 15) is 14.3 Å². The number of aliphatic hydroxyl groups excluding tert-OH is 1. The second kappa shape index (κ2) is 7.25. The number of anilines is 1. The fourth-order valence-corrected chi connectivity index (χ4v) is 4.33. The molecule has 140 valence electrons. The Bertz CT molecular complexity index is 1000. The first-order valence-corrected chi connectivity index (χ1v) is 9.78. The van der Waals surface area contributed by atoms with Gasteiger partial charge in [-0.15, -0.1) is 0 Å². The monoisotopic (exact) mass is 385 g/mol. The van der Waals surface area contributed by atoms with E-state index in [-0.39, 0.29) is 17.5 Å². The highest BCUT2D eigenvalue weighted by Gasteiger charge is 2.25. The summed E-state index contributed by atoms with van der Waals surface area (Å²) in [6, 6.07) is 10.1. The van der Waals surface area contributed by atoms with E-state index in [1.165, 1.54) is 17.4 Å². The number of nitrogen functional groups attached to an aromatic ring is 1. The number of aliphatic hydroxyl groups is 1. The van der Waals surface area contributed by atoms with Crippen molar-refractivity contribution in [3.8, 4) is 11.1 Å². The van der Waals surface area contributed by atoms with Crippen molar-refractivity contribution in [1.82, 2.24) is 10.3 Å². The molecular weight excluding hydrogens is 365 g/mol. The van der Waals surface area contributed by atoms with Gasteiger partial charge in [0, 0.05) is 5.56 Å². The number of nitrogens with two attached hydrogens (primary N) is 1. The lowest BCUT2D eigenvalue weighted by atomic mass is 9.92. The number of nitrogens with zero attached hydrogens (tertiary/aromatic N) is 1. The van der Waals surface area contributed by atoms with Crippen LogP contribution in [0.1, 0.15) is 36.0 Å². The molecule has 1 saturated carbocycles. The number of fused-ring (bicyclic) bond motifs is 1. The number of hydrogen-bond acceptors (Lipinski definition) is 5. The molecule has 1 fully saturated rings. The number of carbonyl (C=O) groups excluding carboxylic acids is 1. The Hall–Kier alpha value is -2.51. The van der Waals surface area contributed by atoms with Gasteiger partial charge in [-0.1, -0.05) is 36.3 Å². The third-order valence-corrected chi connectivity index (χ3v) is 5.80. The fourth-order valence-electron chi connectivity index (χ4n) is 3.54. The standard InChI is InChI=1S/C20H20FN3O2S/c21-14-9-13(10-17-18(14)24-20(22)27-17)11-4-3-5-12(8-11)19(26)23-15-6-1-2-7-16(15)25/h3-5,8-10,15-16,25H,1-2,6-7H2,(H2,22,24)(H,23,26)/t15-,16-/m0/s1. The molecule has 0 saturated heterocycles. The molecule has 0 radical (unpaired) electrons. The van der Waals surface area contributed by atoms with Crippen LogP contribution in [0.25, 0.3) is 21.3 Å². The molecule has 4 N–H and O–H groups in total. The van der Waals surface area contributed by atoms with Crippen LogP contribution in [0, 0.1) is 5.82 Å². The van der Waals surface area contributed by atoms with Crippen LogP contribution in [0.3, 0.4) is 0 Å². The van der Waals surface area contributed by atoms with Gasteiger partial charge in [0.05, 0.1) is 16.8 Å². The molecule has 0 bridgehead atoms. The van der Waals surface area contributed by atoms with Crippen LogP contribution in [-0.2, 0) is 0 Å². The number of thiazole rings is 1. The normalized spacial score (nSPS) is 19.9. The Morgan fingerprint density at radius 1 is 1.22 bits per heavy atom.